The van der Waals surface area contributed by atoms with Gasteiger partial charge in [0.25, 0.3) is 0 Å². The molecule has 0 aromatic heterocycles. The SMILES string of the molecule is [B][C@@H]1OCC2(CC(C)C)CO[C@@H]1[C@H]2C(C)C. The van der Waals surface area contributed by atoms with Crippen LogP contribution in [0.25, 0.3) is 0 Å². The van der Waals surface area contributed by atoms with E-state index in [0.717, 1.165) is 13.2 Å². The molecule has 2 saturated heterocycles. The van der Waals surface area contributed by atoms with Gasteiger partial charge in [-0.1, -0.05) is 27.7 Å². The number of hydrogen-bond acceptors (Lipinski definition) is 2. The molecule has 2 aliphatic rings. The van der Waals surface area contributed by atoms with Crippen LogP contribution in [0.1, 0.15) is 34.1 Å². The first-order valence-corrected chi connectivity index (χ1v) is 6.45. The van der Waals surface area contributed by atoms with Gasteiger partial charge < -0.3 is 9.47 Å². The summed E-state index contributed by atoms with van der Waals surface area (Å²) in [6.45, 7) is 10.7. The van der Waals surface area contributed by atoms with E-state index >= 15 is 0 Å². The van der Waals surface area contributed by atoms with Crippen LogP contribution >= 0.6 is 0 Å². The lowest BCUT2D eigenvalue weighted by molar-refractivity contribution is -0.0870. The van der Waals surface area contributed by atoms with E-state index in [1.54, 1.807) is 0 Å². The normalized spacial score (nSPS) is 43.2. The molecule has 2 bridgehead atoms. The van der Waals surface area contributed by atoms with Gasteiger partial charge in [0.2, 0.25) is 0 Å². The van der Waals surface area contributed by atoms with Crippen molar-refractivity contribution < 1.29 is 9.47 Å². The predicted molar refractivity (Wildman–Crippen MR) is 65.5 cm³/mol. The average molecular weight is 222 g/mol. The van der Waals surface area contributed by atoms with Crippen molar-refractivity contribution in [3.63, 3.8) is 0 Å². The second kappa shape index (κ2) is 4.34. The van der Waals surface area contributed by atoms with Crippen LogP contribution in [0.2, 0.25) is 0 Å². The minimum Gasteiger partial charge on any atom is -0.385 e. The van der Waals surface area contributed by atoms with Gasteiger partial charge in [-0.3, -0.25) is 0 Å². The van der Waals surface area contributed by atoms with Gasteiger partial charge >= 0.3 is 0 Å². The van der Waals surface area contributed by atoms with Crippen LogP contribution < -0.4 is 0 Å². The van der Waals surface area contributed by atoms with Crippen LogP contribution in [0.5, 0.6) is 0 Å². The summed E-state index contributed by atoms with van der Waals surface area (Å²) in [5.41, 5.74) is 0.211. The Kier molecular flexibility index (Phi) is 3.38. The minimum atomic E-state index is -0.227. The lowest BCUT2D eigenvalue weighted by Crippen LogP contribution is -2.50. The quantitative estimate of drug-likeness (QED) is 0.681. The van der Waals surface area contributed by atoms with Crippen molar-refractivity contribution in [2.24, 2.45) is 23.2 Å². The van der Waals surface area contributed by atoms with Crippen LogP contribution in [0, 0.1) is 23.2 Å². The van der Waals surface area contributed by atoms with E-state index in [0.29, 0.717) is 17.8 Å². The maximum absolute atomic E-state index is 5.99. The van der Waals surface area contributed by atoms with Gasteiger partial charge in [0, 0.05) is 11.4 Å². The molecule has 2 fully saturated rings. The number of hydrogen-bond donors (Lipinski definition) is 0. The summed E-state index contributed by atoms with van der Waals surface area (Å²) >= 11 is 0. The summed E-state index contributed by atoms with van der Waals surface area (Å²) in [5, 5.41) is 0. The Balaban J connectivity index is 2.23. The molecule has 0 N–H and O–H groups in total. The van der Waals surface area contributed by atoms with E-state index in [4.69, 9.17) is 17.3 Å². The Labute approximate surface area is 100 Å². The lowest BCUT2D eigenvalue weighted by Gasteiger charge is -2.45. The summed E-state index contributed by atoms with van der Waals surface area (Å²) in [6.07, 6.45) is 1.28. The fourth-order valence-electron chi connectivity index (χ4n) is 3.76. The molecule has 90 valence electrons. The van der Waals surface area contributed by atoms with E-state index in [1.165, 1.54) is 6.42 Å². The topological polar surface area (TPSA) is 18.5 Å². The van der Waals surface area contributed by atoms with Gasteiger partial charge in [0.1, 0.15) is 7.85 Å². The van der Waals surface area contributed by atoms with Crippen molar-refractivity contribution in [3.05, 3.63) is 0 Å². The summed E-state index contributed by atoms with van der Waals surface area (Å²) in [5.74, 6) is 1.85. The molecule has 0 saturated carbocycles. The molecular weight excluding hydrogens is 199 g/mol. The predicted octanol–water partition coefficient (Wildman–Crippen LogP) is 2.21. The maximum atomic E-state index is 5.99. The van der Waals surface area contributed by atoms with Crippen molar-refractivity contribution in [1.82, 2.24) is 0 Å². The standard InChI is InChI=1S/C13H23BO2/c1-8(2)5-13-6-15-11(10(13)9(3)4)12(14)16-7-13/h8-12H,5-7H2,1-4H3/t10-,11-,12-,13?/m1/s1. The molecule has 0 spiro atoms. The molecule has 0 aromatic rings. The summed E-state index contributed by atoms with van der Waals surface area (Å²) in [6, 6.07) is -0.227. The monoisotopic (exact) mass is 222 g/mol. The molecule has 0 aromatic carbocycles. The second-order valence-corrected chi connectivity index (χ2v) is 6.28. The molecule has 3 heteroatoms. The van der Waals surface area contributed by atoms with Crippen LogP contribution in [-0.2, 0) is 9.47 Å². The third kappa shape index (κ3) is 1.93. The molecule has 2 heterocycles. The van der Waals surface area contributed by atoms with Crippen LogP contribution in [-0.4, -0.2) is 33.2 Å². The molecule has 2 nitrogen and oxygen atoms in total. The zero-order valence-corrected chi connectivity index (χ0v) is 10.9. The van der Waals surface area contributed by atoms with Crippen LogP contribution in [0.15, 0.2) is 0 Å². The fourth-order valence-corrected chi connectivity index (χ4v) is 3.76. The number of fused-ring (bicyclic) bond motifs is 2. The lowest BCUT2D eigenvalue weighted by atomic mass is 9.63. The maximum Gasteiger partial charge on any atom is 0.112 e. The zero-order valence-electron chi connectivity index (χ0n) is 10.9. The van der Waals surface area contributed by atoms with Crippen LogP contribution in [0.4, 0.5) is 0 Å². The highest BCUT2D eigenvalue weighted by molar-refractivity contribution is 6.11. The van der Waals surface area contributed by atoms with Crippen molar-refractivity contribution in [2.75, 3.05) is 13.2 Å². The average Bonchev–Trinajstić information content (AvgIpc) is 2.46. The first-order chi connectivity index (χ1) is 7.46. The van der Waals surface area contributed by atoms with E-state index in [2.05, 4.69) is 27.7 Å². The third-order valence-electron chi connectivity index (χ3n) is 4.04. The summed E-state index contributed by atoms with van der Waals surface area (Å²) < 4.78 is 11.6. The van der Waals surface area contributed by atoms with E-state index in [-0.39, 0.29) is 17.5 Å². The minimum absolute atomic E-state index is 0.104. The third-order valence-corrected chi connectivity index (χ3v) is 4.04. The number of rotatable bonds is 3. The van der Waals surface area contributed by atoms with Crippen molar-refractivity contribution in [1.29, 1.82) is 0 Å². The molecule has 0 amide bonds. The van der Waals surface area contributed by atoms with Crippen molar-refractivity contribution >= 4 is 7.85 Å². The van der Waals surface area contributed by atoms with Gasteiger partial charge in [-0.25, -0.2) is 0 Å². The van der Waals surface area contributed by atoms with Gasteiger partial charge in [-0.05, 0) is 24.2 Å². The Hall–Kier alpha value is -0.0151. The molecule has 1 unspecified atom stereocenters. The van der Waals surface area contributed by atoms with Gasteiger partial charge in [-0.2, -0.15) is 0 Å². The van der Waals surface area contributed by atoms with Gasteiger partial charge in [0.05, 0.1) is 19.3 Å². The molecule has 4 atom stereocenters. The molecule has 0 aliphatic carbocycles. The van der Waals surface area contributed by atoms with Gasteiger partial charge in [-0.15, -0.1) is 0 Å². The Morgan fingerprint density at radius 1 is 1.19 bits per heavy atom. The highest BCUT2D eigenvalue weighted by Gasteiger charge is 2.55. The van der Waals surface area contributed by atoms with Crippen molar-refractivity contribution in [2.45, 2.75) is 46.2 Å². The van der Waals surface area contributed by atoms with Crippen LogP contribution in [0.3, 0.4) is 0 Å². The molecule has 2 radical (unpaired) electrons. The number of ether oxygens (including phenoxy) is 2. The highest BCUT2D eigenvalue weighted by atomic mass is 16.6. The molecular formula is C13H23BO2. The first kappa shape index (κ1) is 12.4. The van der Waals surface area contributed by atoms with E-state index in [9.17, 15) is 0 Å². The van der Waals surface area contributed by atoms with Gasteiger partial charge in [0.15, 0.2) is 0 Å². The zero-order chi connectivity index (χ0) is 11.9. The Morgan fingerprint density at radius 2 is 1.81 bits per heavy atom. The highest BCUT2D eigenvalue weighted by Crippen LogP contribution is 2.51. The van der Waals surface area contributed by atoms with Crippen molar-refractivity contribution in [3.8, 4) is 0 Å². The second-order valence-electron chi connectivity index (χ2n) is 6.28. The Bertz CT molecular complexity index is 254. The largest absolute Gasteiger partial charge is 0.385 e. The smallest absolute Gasteiger partial charge is 0.112 e. The summed E-state index contributed by atoms with van der Waals surface area (Å²) in [7, 11) is 5.99. The van der Waals surface area contributed by atoms with E-state index < -0.39 is 0 Å². The Morgan fingerprint density at radius 3 is 2.38 bits per heavy atom. The first-order valence-electron chi connectivity index (χ1n) is 6.45. The summed E-state index contributed by atoms with van der Waals surface area (Å²) in [4.78, 5) is 0. The molecule has 2 rings (SSSR count). The molecule has 16 heavy (non-hydrogen) atoms. The van der Waals surface area contributed by atoms with E-state index in [1.807, 2.05) is 0 Å². The fraction of sp³-hybridized carbons (Fsp3) is 1.00. The molecule has 2 aliphatic heterocycles.